The number of aromatic amines is 1. The normalized spacial score (nSPS) is 10.8. The molecule has 7 heteroatoms. The summed E-state index contributed by atoms with van der Waals surface area (Å²) in [6.07, 6.45) is 1.40. The van der Waals surface area contributed by atoms with Gasteiger partial charge in [0.1, 0.15) is 12.2 Å². The molecule has 0 unspecified atom stereocenters. The number of rotatable bonds is 3. The summed E-state index contributed by atoms with van der Waals surface area (Å²) in [5, 5.41) is 3.04. The number of hydrogen-bond acceptors (Lipinski definition) is 4. The van der Waals surface area contributed by atoms with Crippen LogP contribution in [-0.2, 0) is 13.7 Å². The van der Waals surface area contributed by atoms with Gasteiger partial charge in [-0.3, -0.25) is 9.36 Å². The van der Waals surface area contributed by atoms with E-state index >= 15 is 0 Å². The quantitative estimate of drug-likeness (QED) is 0.726. The molecule has 0 saturated heterocycles. The highest BCUT2D eigenvalue weighted by molar-refractivity contribution is 5.68. The number of fused-ring (bicyclic) bond motifs is 1. The van der Waals surface area contributed by atoms with Crippen molar-refractivity contribution < 1.29 is 0 Å². The van der Waals surface area contributed by atoms with Gasteiger partial charge in [-0.25, -0.2) is 14.3 Å². The molecule has 0 aliphatic heterocycles. The van der Waals surface area contributed by atoms with E-state index < -0.39 is 5.69 Å². The second kappa shape index (κ2) is 4.69. The van der Waals surface area contributed by atoms with Crippen LogP contribution in [0.25, 0.3) is 11.2 Å². The Bertz CT molecular complexity index is 860. The molecule has 102 valence electrons. The molecule has 3 rings (SSSR count). The number of H-pyrrole nitrogens is 1. The van der Waals surface area contributed by atoms with E-state index in [9.17, 15) is 9.59 Å². The van der Waals surface area contributed by atoms with Gasteiger partial charge in [0.15, 0.2) is 5.65 Å². The summed E-state index contributed by atoms with van der Waals surface area (Å²) in [6, 6.07) is 9.38. The van der Waals surface area contributed by atoms with E-state index in [1.165, 1.54) is 10.9 Å². The van der Waals surface area contributed by atoms with Crippen LogP contribution in [0.2, 0.25) is 0 Å². The predicted molar refractivity (Wildman–Crippen MR) is 75.7 cm³/mol. The van der Waals surface area contributed by atoms with Crippen LogP contribution in [0.3, 0.4) is 0 Å². The van der Waals surface area contributed by atoms with E-state index in [4.69, 9.17) is 0 Å². The monoisotopic (exact) mass is 271 g/mol. The van der Waals surface area contributed by atoms with Crippen molar-refractivity contribution in [2.75, 3.05) is 5.32 Å². The van der Waals surface area contributed by atoms with Gasteiger partial charge in [-0.15, -0.1) is 0 Å². The molecular weight excluding hydrogens is 258 g/mol. The SMILES string of the molecule is Cn1c(=O)n(CNc2ccccc2)c(=O)c2[nH]cnc21. The average Bonchev–Trinajstić information content (AvgIpc) is 2.96. The third-order valence-corrected chi connectivity index (χ3v) is 3.13. The van der Waals surface area contributed by atoms with Crippen molar-refractivity contribution >= 4 is 16.9 Å². The Hall–Kier alpha value is -2.83. The number of imidazole rings is 1. The molecule has 0 spiro atoms. The van der Waals surface area contributed by atoms with Crippen molar-refractivity contribution in [2.45, 2.75) is 6.67 Å². The summed E-state index contributed by atoms with van der Waals surface area (Å²) in [7, 11) is 1.59. The molecule has 20 heavy (non-hydrogen) atoms. The van der Waals surface area contributed by atoms with Crippen LogP contribution in [-0.4, -0.2) is 19.1 Å². The van der Waals surface area contributed by atoms with Crippen molar-refractivity contribution in [1.29, 1.82) is 0 Å². The molecule has 2 aromatic heterocycles. The molecule has 7 nitrogen and oxygen atoms in total. The van der Waals surface area contributed by atoms with Gasteiger partial charge in [-0.1, -0.05) is 18.2 Å². The molecule has 0 atom stereocenters. The summed E-state index contributed by atoms with van der Waals surface area (Å²) >= 11 is 0. The molecule has 0 amide bonds. The first kappa shape index (κ1) is 12.2. The van der Waals surface area contributed by atoms with Gasteiger partial charge in [-0.05, 0) is 12.1 Å². The first-order valence-corrected chi connectivity index (χ1v) is 6.10. The van der Waals surface area contributed by atoms with E-state index in [-0.39, 0.29) is 12.2 Å². The van der Waals surface area contributed by atoms with E-state index in [1.807, 2.05) is 30.3 Å². The smallest absolute Gasteiger partial charge is 0.333 e. The highest BCUT2D eigenvalue weighted by Crippen LogP contribution is 2.04. The summed E-state index contributed by atoms with van der Waals surface area (Å²) < 4.78 is 2.48. The lowest BCUT2D eigenvalue weighted by molar-refractivity contribution is 0.645. The maximum atomic E-state index is 12.2. The maximum Gasteiger partial charge on any atom is 0.333 e. The largest absolute Gasteiger partial charge is 0.367 e. The second-order valence-corrected chi connectivity index (χ2v) is 4.38. The van der Waals surface area contributed by atoms with Crippen LogP contribution in [0.15, 0.2) is 46.2 Å². The zero-order valence-electron chi connectivity index (χ0n) is 10.8. The van der Waals surface area contributed by atoms with Crippen LogP contribution < -0.4 is 16.6 Å². The van der Waals surface area contributed by atoms with Crippen LogP contribution in [0.5, 0.6) is 0 Å². The van der Waals surface area contributed by atoms with Gasteiger partial charge < -0.3 is 10.3 Å². The Balaban J connectivity index is 2.04. The topological polar surface area (TPSA) is 84.7 Å². The molecular formula is C13H13N5O2. The van der Waals surface area contributed by atoms with Crippen LogP contribution in [0.1, 0.15) is 0 Å². The highest BCUT2D eigenvalue weighted by atomic mass is 16.2. The second-order valence-electron chi connectivity index (χ2n) is 4.38. The van der Waals surface area contributed by atoms with Crippen LogP contribution in [0, 0.1) is 0 Å². The molecule has 1 aromatic carbocycles. The Morgan fingerprint density at radius 2 is 2.00 bits per heavy atom. The molecule has 3 aromatic rings. The van der Waals surface area contributed by atoms with Crippen molar-refractivity contribution in [1.82, 2.24) is 19.1 Å². The minimum atomic E-state index is -0.405. The van der Waals surface area contributed by atoms with Crippen molar-refractivity contribution in [2.24, 2.45) is 7.05 Å². The van der Waals surface area contributed by atoms with Gasteiger partial charge in [0.25, 0.3) is 5.56 Å². The number of nitrogens with zero attached hydrogens (tertiary/aromatic N) is 3. The molecule has 0 radical (unpaired) electrons. The summed E-state index contributed by atoms with van der Waals surface area (Å²) in [6.45, 7) is 0.102. The lowest BCUT2D eigenvalue weighted by Crippen LogP contribution is -2.40. The Labute approximate surface area is 113 Å². The van der Waals surface area contributed by atoms with E-state index in [2.05, 4.69) is 15.3 Å². The molecule has 0 saturated carbocycles. The first-order chi connectivity index (χ1) is 9.68. The van der Waals surface area contributed by atoms with Crippen LogP contribution in [0.4, 0.5) is 5.69 Å². The molecule has 0 bridgehead atoms. The van der Waals surface area contributed by atoms with Gasteiger partial charge in [0, 0.05) is 12.7 Å². The predicted octanol–water partition coefficient (Wildman–Crippen LogP) is 0.493. The third-order valence-electron chi connectivity index (χ3n) is 3.13. The fraction of sp³-hybridized carbons (Fsp3) is 0.154. The summed E-state index contributed by atoms with van der Waals surface area (Å²) in [4.78, 5) is 31.1. The van der Waals surface area contributed by atoms with Crippen molar-refractivity contribution in [3.8, 4) is 0 Å². The Morgan fingerprint density at radius 3 is 2.75 bits per heavy atom. The van der Waals surface area contributed by atoms with Crippen molar-refractivity contribution in [3.63, 3.8) is 0 Å². The van der Waals surface area contributed by atoms with Gasteiger partial charge in [-0.2, -0.15) is 0 Å². The maximum absolute atomic E-state index is 12.2. The van der Waals surface area contributed by atoms with Crippen molar-refractivity contribution in [3.05, 3.63) is 57.5 Å². The fourth-order valence-electron chi connectivity index (χ4n) is 2.06. The highest BCUT2D eigenvalue weighted by Gasteiger charge is 2.12. The van der Waals surface area contributed by atoms with Gasteiger partial charge in [0.2, 0.25) is 0 Å². The minimum absolute atomic E-state index is 0.102. The Morgan fingerprint density at radius 1 is 1.25 bits per heavy atom. The van der Waals surface area contributed by atoms with E-state index in [1.54, 1.807) is 7.05 Å². The number of nitrogens with one attached hydrogen (secondary N) is 2. The third kappa shape index (κ3) is 1.89. The summed E-state index contributed by atoms with van der Waals surface area (Å²) in [5.74, 6) is 0. The van der Waals surface area contributed by atoms with Crippen LogP contribution >= 0.6 is 0 Å². The fourth-order valence-corrected chi connectivity index (χ4v) is 2.06. The number of aromatic nitrogens is 4. The molecule has 0 aliphatic rings. The first-order valence-electron chi connectivity index (χ1n) is 6.10. The van der Waals surface area contributed by atoms with E-state index in [0.717, 1.165) is 10.3 Å². The lowest BCUT2D eigenvalue weighted by atomic mass is 10.3. The van der Waals surface area contributed by atoms with E-state index in [0.29, 0.717) is 11.2 Å². The molecule has 2 N–H and O–H groups in total. The molecule has 2 heterocycles. The number of aryl methyl sites for hydroxylation is 1. The van der Waals surface area contributed by atoms with Gasteiger partial charge in [0.05, 0.1) is 6.33 Å². The zero-order valence-corrected chi connectivity index (χ0v) is 10.8. The summed E-state index contributed by atoms with van der Waals surface area (Å²) in [5.41, 5.74) is 0.728. The molecule has 0 aliphatic carbocycles. The number of anilines is 1. The minimum Gasteiger partial charge on any atom is -0.367 e. The zero-order chi connectivity index (χ0) is 14.1. The lowest BCUT2D eigenvalue weighted by Gasteiger charge is -2.10. The number of para-hydroxylation sites is 1. The Kier molecular flexibility index (Phi) is 2.86. The number of benzene rings is 1. The van der Waals surface area contributed by atoms with Gasteiger partial charge >= 0.3 is 5.69 Å². The molecule has 0 fully saturated rings. The average molecular weight is 271 g/mol. The standard InChI is InChI=1S/C13H13N5O2/c1-17-11-10(14-7-15-11)12(19)18(13(17)20)8-16-9-5-3-2-4-6-9/h2-7,16H,8H2,1H3,(H,14,15). The number of hydrogen-bond donors (Lipinski definition) is 2.